The fraction of sp³-hybridized carbons (Fsp3) is 0.650. The van der Waals surface area contributed by atoms with E-state index in [0.29, 0.717) is 6.79 Å². The summed E-state index contributed by atoms with van der Waals surface area (Å²) in [7, 11) is 1.83. The van der Waals surface area contributed by atoms with Crippen molar-refractivity contribution in [1.29, 1.82) is 0 Å². The first kappa shape index (κ1) is 20.5. The molecule has 0 radical (unpaired) electrons. The van der Waals surface area contributed by atoms with Crippen LogP contribution in [0.15, 0.2) is 23.2 Å². The predicted octanol–water partition coefficient (Wildman–Crippen LogP) is 2.62. The molecule has 2 aliphatic carbocycles. The summed E-state index contributed by atoms with van der Waals surface area (Å²) in [6.07, 6.45) is 6.55. The maximum atomic E-state index is 5.44. The summed E-state index contributed by atoms with van der Waals surface area (Å²) in [4.78, 5) is 7.01. The van der Waals surface area contributed by atoms with Gasteiger partial charge in [-0.15, -0.1) is 24.0 Å². The molecule has 0 amide bonds. The molecule has 0 saturated heterocycles. The average Bonchev–Trinajstić information content (AvgIpc) is 3.58. The number of rotatable bonds is 9. The van der Waals surface area contributed by atoms with E-state index in [1.54, 1.807) is 0 Å². The van der Waals surface area contributed by atoms with E-state index in [1.165, 1.54) is 37.8 Å². The number of aliphatic imine (C=N–C) groups is 1. The molecule has 3 aliphatic rings. The third kappa shape index (κ3) is 6.14. The Bertz CT molecular complexity index is 647. The smallest absolute Gasteiger partial charge is 0.231 e. The van der Waals surface area contributed by atoms with E-state index in [1.807, 2.05) is 13.1 Å². The van der Waals surface area contributed by atoms with Crippen molar-refractivity contribution in [3.05, 3.63) is 23.8 Å². The summed E-state index contributed by atoms with van der Waals surface area (Å²) in [5, 5.41) is 6.86. The molecule has 0 atom stereocenters. The van der Waals surface area contributed by atoms with E-state index in [0.717, 1.165) is 55.5 Å². The Hall–Kier alpha value is -1.22. The standard InChI is InChI=1S/C20H30N4O2.HI/c1-21-20(23-10-11-24(17-5-6-17)13-16-2-3-16)22-9-8-15-4-7-18-19(12-15)26-14-25-18;/h4,7,12,16-17H,2-3,5-6,8-11,13-14H2,1H3,(H2,21,22,23);1H. The molecule has 0 aromatic heterocycles. The Morgan fingerprint density at radius 3 is 2.63 bits per heavy atom. The topological polar surface area (TPSA) is 58.1 Å². The quantitative estimate of drug-likeness (QED) is 0.320. The van der Waals surface area contributed by atoms with Crippen LogP contribution in [0.2, 0.25) is 0 Å². The molecule has 0 spiro atoms. The second-order valence-corrected chi connectivity index (χ2v) is 7.53. The first-order valence-corrected chi connectivity index (χ1v) is 9.89. The molecule has 7 heteroatoms. The van der Waals surface area contributed by atoms with Crippen molar-refractivity contribution in [3.63, 3.8) is 0 Å². The molecule has 1 aromatic rings. The molecule has 27 heavy (non-hydrogen) atoms. The van der Waals surface area contributed by atoms with Gasteiger partial charge in [0.1, 0.15) is 0 Å². The molecule has 4 rings (SSSR count). The van der Waals surface area contributed by atoms with Crippen molar-refractivity contribution in [3.8, 4) is 11.5 Å². The van der Waals surface area contributed by atoms with E-state index in [4.69, 9.17) is 9.47 Å². The van der Waals surface area contributed by atoms with Crippen molar-refractivity contribution in [2.45, 2.75) is 38.1 Å². The van der Waals surface area contributed by atoms with E-state index in [9.17, 15) is 0 Å². The van der Waals surface area contributed by atoms with Gasteiger partial charge in [0.15, 0.2) is 17.5 Å². The fourth-order valence-corrected chi connectivity index (χ4v) is 3.45. The number of hydrogen-bond acceptors (Lipinski definition) is 4. The third-order valence-electron chi connectivity index (χ3n) is 5.31. The number of nitrogens with zero attached hydrogens (tertiary/aromatic N) is 2. The van der Waals surface area contributed by atoms with Gasteiger partial charge in [0, 0.05) is 39.3 Å². The Morgan fingerprint density at radius 1 is 1.11 bits per heavy atom. The van der Waals surface area contributed by atoms with Gasteiger partial charge in [-0.3, -0.25) is 9.89 Å². The predicted molar refractivity (Wildman–Crippen MR) is 118 cm³/mol. The molecule has 1 aromatic carbocycles. The largest absolute Gasteiger partial charge is 0.454 e. The summed E-state index contributed by atoms with van der Waals surface area (Å²) in [5.41, 5.74) is 1.24. The van der Waals surface area contributed by atoms with Crippen molar-refractivity contribution in [2.24, 2.45) is 10.9 Å². The Kier molecular flexibility index (Phi) is 7.46. The van der Waals surface area contributed by atoms with E-state index in [-0.39, 0.29) is 24.0 Å². The molecule has 6 nitrogen and oxygen atoms in total. The maximum absolute atomic E-state index is 5.44. The minimum atomic E-state index is 0. The number of halogens is 1. The molecule has 1 heterocycles. The zero-order valence-corrected chi connectivity index (χ0v) is 18.4. The monoisotopic (exact) mass is 486 g/mol. The third-order valence-corrected chi connectivity index (χ3v) is 5.31. The van der Waals surface area contributed by atoms with Crippen LogP contribution in [0.1, 0.15) is 31.2 Å². The van der Waals surface area contributed by atoms with E-state index in [2.05, 4.69) is 32.7 Å². The lowest BCUT2D eigenvalue weighted by molar-refractivity contribution is 0.174. The normalized spacial score (nSPS) is 18.4. The molecular formula is C20H31IN4O2. The average molecular weight is 486 g/mol. The SMILES string of the molecule is CN=C(NCCc1ccc2c(c1)OCO2)NCCN(CC1CC1)C1CC1.I. The number of nitrogens with one attached hydrogen (secondary N) is 2. The van der Waals surface area contributed by atoms with Gasteiger partial charge in [-0.1, -0.05) is 6.07 Å². The summed E-state index contributed by atoms with van der Waals surface area (Å²) in [6, 6.07) is 6.98. The van der Waals surface area contributed by atoms with Crippen molar-refractivity contribution < 1.29 is 9.47 Å². The van der Waals surface area contributed by atoms with Crippen LogP contribution in [-0.2, 0) is 6.42 Å². The van der Waals surface area contributed by atoms with Crippen molar-refractivity contribution in [1.82, 2.24) is 15.5 Å². The molecule has 2 saturated carbocycles. The molecule has 1 aliphatic heterocycles. The molecule has 2 fully saturated rings. The van der Waals surface area contributed by atoms with E-state index >= 15 is 0 Å². The maximum Gasteiger partial charge on any atom is 0.231 e. The van der Waals surface area contributed by atoms with Crippen molar-refractivity contribution >= 4 is 29.9 Å². The van der Waals surface area contributed by atoms with Crippen molar-refractivity contribution in [2.75, 3.05) is 40.0 Å². The highest BCUT2D eigenvalue weighted by Gasteiger charge is 2.33. The fourth-order valence-electron chi connectivity index (χ4n) is 3.45. The first-order valence-electron chi connectivity index (χ1n) is 9.89. The lowest BCUT2D eigenvalue weighted by Gasteiger charge is -2.22. The summed E-state index contributed by atoms with van der Waals surface area (Å²) in [6.45, 7) is 4.53. The van der Waals surface area contributed by atoms with Gasteiger partial charge in [0.25, 0.3) is 0 Å². The summed E-state index contributed by atoms with van der Waals surface area (Å²) < 4.78 is 10.8. The van der Waals surface area contributed by atoms with Crippen LogP contribution in [0.25, 0.3) is 0 Å². The van der Waals surface area contributed by atoms with Gasteiger partial charge in [-0.2, -0.15) is 0 Å². The van der Waals surface area contributed by atoms with Crippen LogP contribution in [0.5, 0.6) is 11.5 Å². The van der Waals surface area contributed by atoms with Crippen LogP contribution >= 0.6 is 24.0 Å². The van der Waals surface area contributed by atoms with Gasteiger partial charge in [-0.25, -0.2) is 0 Å². The van der Waals surface area contributed by atoms with E-state index < -0.39 is 0 Å². The Morgan fingerprint density at radius 2 is 1.89 bits per heavy atom. The molecule has 150 valence electrons. The Labute approximate surface area is 179 Å². The number of benzene rings is 1. The first-order chi connectivity index (χ1) is 12.8. The minimum absolute atomic E-state index is 0. The second kappa shape index (κ2) is 9.82. The highest BCUT2D eigenvalue weighted by atomic mass is 127. The highest BCUT2D eigenvalue weighted by molar-refractivity contribution is 14.0. The summed E-state index contributed by atoms with van der Waals surface area (Å²) in [5.74, 6) is 3.54. The molecule has 2 N–H and O–H groups in total. The Balaban J connectivity index is 0.00000210. The zero-order chi connectivity index (χ0) is 17.8. The molecule has 0 unspecified atom stereocenters. The van der Waals surface area contributed by atoms with Gasteiger partial charge in [-0.05, 0) is 55.7 Å². The molecule has 0 bridgehead atoms. The van der Waals surface area contributed by atoms with Crippen LogP contribution in [0.3, 0.4) is 0 Å². The van der Waals surface area contributed by atoms with Crippen LogP contribution in [-0.4, -0.2) is 56.9 Å². The van der Waals surface area contributed by atoms with Crippen LogP contribution < -0.4 is 20.1 Å². The van der Waals surface area contributed by atoms with Gasteiger partial charge >= 0.3 is 0 Å². The molecular weight excluding hydrogens is 455 g/mol. The summed E-state index contributed by atoms with van der Waals surface area (Å²) >= 11 is 0. The van der Waals surface area contributed by atoms with Crippen LogP contribution in [0.4, 0.5) is 0 Å². The number of fused-ring (bicyclic) bond motifs is 1. The van der Waals surface area contributed by atoms with Gasteiger partial charge in [0.2, 0.25) is 6.79 Å². The number of hydrogen-bond donors (Lipinski definition) is 2. The van der Waals surface area contributed by atoms with Gasteiger partial charge < -0.3 is 20.1 Å². The zero-order valence-electron chi connectivity index (χ0n) is 16.1. The van der Waals surface area contributed by atoms with Gasteiger partial charge in [0.05, 0.1) is 0 Å². The highest BCUT2D eigenvalue weighted by Crippen LogP contribution is 2.34. The second-order valence-electron chi connectivity index (χ2n) is 7.53. The minimum Gasteiger partial charge on any atom is -0.454 e. The lowest BCUT2D eigenvalue weighted by atomic mass is 10.1. The lowest BCUT2D eigenvalue weighted by Crippen LogP contribution is -2.43. The number of guanidine groups is 1. The number of ether oxygens (including phenoxy) is 2. The van der Waals surface area contributed by atoms with Crippen LogP contribution in [0, 0.1) is 5.92 Å².